The minimum absolute atomic E-state index is 0.0202. The average molecular weight is 366 g/mol. The van der Waals surface area contributed by atoms with Crippen LogP contribution in [-0.4, -0.2) is 58.7 Å². The summed E-state index contributed by atoms with van der Waals surface area (Å²) in [6, 6.07) is 17.0. The third-order valence-corrected chi connectivity index (χ3v) is 5.08. The fourth-order valence-electron chi connectivity index (χ4n) is 3.68. The molecule has 6 nitrogen and oxygen atoms in total. The average Bonchev–Trinajstić information content (AvgIpc) is 3.27. The highest BCUT2D eigenvalue weighted by atomic mass is 16.5. The fraction of sp³-hybridized carbons (Fsp3) is 0.333. The lowest BCUT2D eigenvalue weighted by atomic mass is 10.1. The van der Waals surface area contributed by atoms with E-state index in [2.05, 4.69) is 0 Å². The van der Waals surface area contributed by atoms with Crippen LogP contribution in [0.3, 0.4) is 0 Å². The number of benzene rings is 2. The number of hydrogen-bond acceptors (Lipinski definition) is 4. The molecule has 0 bridgehead atoms. The van der Waals surface area contributed by atoms with Crippen molar-refractivity contribution in [2.24, 2.45) is 0 Å². The standard InChI is InChI=1S/C21H22N2O4/c24-17(13-23-20(25)19-7-4-12-22(19)21(23)26)14-27-18-10-8-16(9-11-18)15-5-2-1-3-6-15/h1-3,5-6,8-11,17,19,24H,4,7,12-14H2/t17-,19+/m0/s1. The summed E-state index contributed by atoms with van der Waals surface area (Å²) in [4.78, 5) is 27.3. The van der Waals surface area contributed by atoms with Gasteiger partial charge in [-0.25, -0.2) is 4.79 Å². The molecule has 3 amide bonds. The van der Waals surface area contributed by atoms with E-state index in [1.54, 1.807) is 4.90 Å². The van der Waals surface area contributed by atoms with Gasteiger partial charge >= 0.3 is 6.03 Å². The maximum Gasteiger partial charge on any atom is 0.327 e. The molecule has 4 rings (SSSR count). The van der Waals surface area contributed by atoms with Crippen molar-refractivity contribution in [3.63, 3.8) is 0 Å². The highest BCUT2D eigenvalue weighted by Gasteiger charge is 2.47. The number of fused-ring (bicyclic) bond motifs is 1. The Bertz CT molecular complexity index is 800. The van der Waals surface area contributed by atoms with Gasteiger partial charge in [-0.05, 0) is 36.1 Å². The number of carbonyl (C=O) groups is 2. The molecule has 0 radical (unpaired) electrons. The van der Waals surface area contributed by atoms with Crippen molar-refractivity contribution in [2.45, 2.75) is 25.0 Å². The Morgan fingerprint density at radius 3 is 2.44 bits per heavy atom. The van der Waals surface area contributed by atoms with E-state index in [0.717, 1.165) is 22.4 Å². The quantitative estimate of drug-likeness (QED) is 0.798. The van der Waals surface area contributed by atoms with Gasteiger partial charge in [0.15, 0.2) is 0 Å². The molecule has 2 saturated heterocycles. The molecule has 0 aliphatic carbocycles. The van der Waals surface area contributed by atoms with Crippen LogP contribution in [-0.2, 0) is 4.79 Å². The number of carbonyl (C=O) groups excluding carboxylic acids is 2. The maximum atomic E-state index is 12.3. The first-order valence-corrected chi connectivity index (χ1v) is 9.22. The molecule has 27 heavy (non-hydrogen) atoms. The SMILES string of the molecule is O=C1[C@H]2CCCN2C(=O)N1C[C@H](O)COc1ccc(-c2ccccc2)cc1. The molecule has 2 aromatic rings. The molecule has 2 atom stereocenters. The zero-order valence-corrected chi connectivity index (χ0v) is 15.0. The first-order valence-electron chi connectivity index (χ1n) is 9.22. The third-order valence-electron chi connectivity index (χ3n) is 5.08. The van der Waals surface area contributed by atoms with E-state index in [9.17, 15) is 14.7 Å². The second kappa shape index (κ2) is 7.40. The van der Waals surface area contributed by atoms with Crippen molar-refractivity contribution in [2.75, 3.05) is 19.7 Å². The zero-order chi connectivity index (χ0) is 18.8. The summed E-state index contributed by atoms with van der Waals surface area (Å²) < 4.78 is 5.62. The van der Waals surface area contributed by atoms with Crippen LogP contribution in [0.1, 0.15) is 12.8 Å². The number of nitrogens with zero attached hydrogens (tertiary/aromatic N) is 2. The van der Waals surface area contributed by atoms with Crippen molar-refractivity contribution in [3.8, 4) is 16.9 Å². The summed E-state index contributed by atoms with van der Waals surface area (Å²) in [7, 11) is 0. The summed E-state index contributed by atoms with van der Waals surface area (Å²) in [5, 5.41) is 10.2. The molecule has 0 saturated carbocycles. The Morgan fingerprint density at radius 2 is 1.74 bits per heavy atom. The van der Waals surface area contributed by atoms with Crippen LogP contribution in [0.5, 0.6) is 5.75 Å². The van der Waals surface area contributed by atoms with Crippen LogP contribution in [0.4, 0.5) is 4.79 Å². The molecule has 1 N–H and O–H groups in total. The number of amides is 3. The van der Waals surface area contributed by atoms with E-state index >= 15 is 0 Å². The van der Waals surface area contributed by atoms with Crippen LogP contribution in [0.25, 0.3) is 11.1 Å². The molecule has 6 heteroatoms. The van der Waals surface area contributed by atoms with Crippen molar-refractivity contribution >= 4 is 11.9 Å². The minimum atomic E-state index is -0.924. The van der Waals surface area contributed by atoms with Crippen LogP contribution >= 0.6 is 0 Å². The van der Waals surface area contributed by atoms with E-state index in [1.807, 2.05) is 54.6 Å². The van der Waals surface area contributed by atoms with E-state index in [-0.39, 0.29) is 31.1 Å². The maximum absolute atomic E-state index is 12.3. The van der Waals surface area contributed by atoms with Crippen LogP contribution in [0, 0.1) is 0 Å². The van der Waals surface area contributed by atoms with Gasteiger partial charge in [0, 0.05) is 6.54 Å². The number of β-amino-alcohol motifs (C(OH)–C–C–N with tert-alkyl or cyclic N) is 1. The van der Waals surface area contributed by atoms with E-state index < -0.39 is 6.10 Å². The molecular formula is C21H22N2O4. The predicted molar refractivity (Wildman–Crippen MR) is 100 cm³/mol. The Labute approximate surface area is 158 Å². The van der Waals surface area contributed by atoms with Crippen molar-refractivity contribution in [1.82, 2.24) is 9.80 Å². The van der Waals surface area contributed by atoms with Gasteiger partial charge in [0.1, 0.15) is 24.5 Å². The molecule has 0 aromatic heterocycles. The second-order valence-electron chi connectivity index (χ2n) is 6.94. The highest BCUT2D eigenvalue weighted by Crippen LogP contribution is 2.27. The third kappa shape index (κ3) is 3.53. The number of aliphatic hydroxyl groups is 1. The first kappa shape index (κ1) is 17.5. The largest absolute Gasteiger partial charge is 0.491 e. The number of urea groups is 1. The van der Waals surface area contributed by atoms with Gasteiger partial charge in [0.05, 0.1) is 6.54 Å². The lowest BCUT2D eigenvalue weighted by Gasteiger charge is -2.19. The van der Waals surface area contributed by atoms with E-state index in [0.29, 0.717) is 18.7 Å². The number of aliphatic hydroxyl groups excluding tert-OH is 1. The summed E-state index contributed by atoms with van der Waals surface area (Å²) >= 11 is 0. The van der Waals surface area contributed by atoms with Gasteiger partial charge in [0.2, 0.25) is 0 Å². The monoisotopic (exact) mass is 366 g/mol. The normalized spacial score (nSPS) is 20.1. The fourth-order valence-corrected chi connectivity index (χ4v) is 3.68. The summed E-state index contributed by atoms with van der Waals surface area (Å²) in [5.74, 6) is 0.428. The van der Waals surface area contributed by atoms with Crippen LogP contribution in [0.15, 0.2) is 54.6 Å². The van der Waals surface area contributed by atoms with Crippen molar-refractivity contribution in [1.29, 1.82) is 0 Å². The first-order chi connectivity index (χ1) is 13.1. The van der Waals surface area contributed by atoms with E-state index in [4.69, 9.17) is 4.74 Å². The van der Waals surface area contributed by atoms with Gasteiger partial charge in [-0.3, -0.25) is 9.69 Å². The topological polar surface area (TPSA) is 70.1 Å². The lowest BCUT2D eigenvalue weighted by molar-refractivity contribution is -0.129. The second-order valence-corrected chi connectivity index (χ2v) is 6.94. The van der Waals surface area contributed by atoms with Gasteiger partial charge in [-0.1, -0.05) is 42.5 Å². The molecule has 2 aromatic carbocycles. The number of hydrogen-bond donors (Lipinski definition) is 1. The Kier molecular flexibility index (Phi) is 4.81. The molecule has 2 heterocycles. The molecular weight excluding hydrogens is 344 g/mol. The summed E-state index contributed by atoms with van der Waals surface area (Å²) in [6.45, 7) is 0.602. The van der Waals surface area contributed by atoms with E-state index in [1.165, 1.54) is 0 Å². The molecule has 2 fully saturated rings. The molecule has 140 valence electrons. The Morgan fingerprint density at radius 1 is 1.04 bits per heavy atom. The lowest BCUT2D eigenvalue weighted by Crippen LogP contribution is -2.41. The number of imide groups is 1. The smallest absolute Gasteiger partial charge is 0.327 e. The van der Waals surface area contributed by atoms with Gasteiger partial charge in [-0.15, -0.1) is 0 Å². The molecule has 0 unspecified atom stereocenters. The Balaban J connectivity index is 1.31. The summed E-state index contributed by atoms with van der Waals surface area (Å²) in [6.07, 6.45) is 0.647. The molecule has 2 aliphatic heterocycles. The van der Waals surface area contributed by atoms with Crippen molar-refractivity contribution < 1.29 is 19.4 Å². The predicted octanol–water partition coefficient (Wildman–Crippen LogP) is 2.52. The highest BCUT2D eigenvalue weighted by molar-refractivity contribution is 6.04. The Hall–Kier alpha value is -2.86. The zero-order valence-electron chi connectivity index (χ0n) is 15.0. The van der Waals surface area contributed by atoms with Gasteiger partial charge in [-0.2, -0.15) is 0 Å². The van der Waals surface area contributed by atoms with Crippen molar-refractivity contribution in [3.05, 3.63) is 54.6 Å². The van der Waals surface area contributed by atoms with Gasteiger partial charge < -0.3 is 14.7 Å². The van der Waals surface area contributed by atoms with Crippen LogP contribution < -0.4 is 4.74 Å². The summed E-state index contributed by atoms with van der Waals surface area (Å²) in [5.41, 5.74) is 2.20. The number of rotatable bonds is 6. The van der Waals surface area contributed by atoms with Crippen LogP contribution in [0.2, 0.25) is 0 Å². The van der Waals surface area contributed by atoms with Gasteiger partial charge in [0.25, 0.3) is 5.91 Å². The molecule has 2 aliphatic rings. The minimum Gasteiger partial charge on any atom is -0.491 e. The number of ether oxygens (including phenoxy) is 1. The molecule has 0 spiro atoms.